The standard InChI is InChI=1S/C58H40N2/c1-3-18-41(19-4-1)44-22-15-25-47(40-44)59(46-38-36-43(37-39-46)49-31-16-21-42-20-7-8-26-48(42)49)55-33-13-11-29-52(55)50-27-9-10-28-51(50)53-32-17-35-57-58(53)54-30-12-14-34-56(54)60(57)45-23-5-2-6-24-45/h1-40H. The summed E-state index contributed by atoms with van der Waals surface area (Å²) in [6.07, 6.45) is 0. The van der Waals surface area contributed by atoms with Crippen LogP contribution in [-0.2, 0) is 0 Å². The second kappa shape index (κ2) is 15.1. The quantitative estimate of drug-likeness (QED) is 0.150. The first kappa shape index (κ1) is 35.2. The number of para-hydroxylation sites is 3. The van der Waals surface area contributed by atoms with Gasteiger partial charge in [0, 0.05) is 33.4 Å². The van der Waals surface area contributed by atoms with Gasteiger partial charge in [0.1, 0.15) is 0 Å². The van der Waals surface area contributed by atoms with E-state index in [4.69, 9.17) is 0 Å². The lowest BCUT2D eigenvalue weighted by Gasteiger charge is -2.29. The van der Waals surface area contributed by atoms with E-state index < -0.39 is 0 Å². The number of hydrogen-bond donors (Lipinski definition) is 0. The van der Waals surface area contributed by atoms with Crippen molar-refractivity contribution in [1.29, 1.82) is 0 Å². The Morgan fingerprint density at radius 3 is 1.67 bits per heavy atom. The van der Waals surface area contributed by atoms with Gasteiger partial charge in [0.2, 0.25) is 0 Å². The molecule has 0 N–H and O–H groups in total. The van der Waals surface area contributed by atoms with Gasteiger partial charge in [-0.25, -0.2) is 0 Å². The summed E-state index contributed by atoms with van der Waals surface area (Å²) in [6, 6.07) is 87.9. The average Bonchev–Trinajstić information content (AvgIpc) is 3.67. The Labute approximate surface area is 350 Å². The largest absolute Gasteiger partial charge is 0.310 e. The summed E-state index contributed by atoms with van der Waals surface area (Å²) in [5, 5.41) is 4.98. The number of anilines is 3. The molecule has 0 bridgehead atoms. The van der Waals surface area contributed by atoms with E-state index in [1.807, 2.05) is 0 Å². The maximum absolute atomic E-state index is 2.42. The highest BCUT2D eigenvalue weighted by molar-refractivity contribution is 6.17. The average molecular weight is 765 g/mol. The fourth-order valence-corrected chi connectivity index (χ4v) is 9.10. The molecule has 11 aromatic rings. The summed E-state index contributed by atoms with van der Waals surface area (Å²) in [5.74, 6) is 0. The lowest BCUT2D eigenvalue weighted by Crippen LogP contribution is -2.11. The maximum Gasteiger partial charge on any atom is 0.0547 e. The Balaban J connectivity index is 1.11. The zero-order valence-electron chi connectivity index (χ0n) is 33.0. The van der Waals surface area contributed by atoms with E-state index in [2.05, 4.69) is 252 Å². The molecule has 2 nitrogen and oxygen atoms in total. The molecular formula is C58H40N2. The fraction of sp³-hybridized carbons (Fsp3) is 0. The van der Waals surface area contributed by atoms with Crippen molar-refractivity contribution in [1.82, 2.24) is 4.57 Å². The van der Waals surface area contributed by atoms with Crippen LogP contribution in [0.2, 0.25) is 0 Å². The second-order valence-electron chi connectivity index (χ2n) is 15.3. The lowest BCUT2D eigenvalue weighted by molar-refractivity contribution is 1.18. The predicted octanol–water partition coefficient (Wildman–Crippen LogP) is 16.1. The van der Waals surface area contributed by atoms with Gasteiger partial charge < -0.3 is 9.47 Å². The Hall–Kier alpha value is -7.94. The maximum atomic E-state index is 2.42. The highest BCUT2D eigenvalue weighted by Crippen LogP contribution is 2.47. The van der Waals surface area contributed by atoms with Crippen molar-refractivity contribution in [2.24, 2.45) is 0 Å². The van der Waals surface area contributed by atoms with E-state index in [0.29, 0.717) is 0 Å². The van der Waals surface area contributed by atoms with Crippen LogP contribution in [0, 0.1) is 0 Å². The van der Waals surface area contributed by atoms with Crippen molar-refractivity contribution in [2.45, 2.75) is 0 Å². The molecule has 0 aliphatic rings. The van der Waals surface area contributed by atoms with Gasteiger partial charge in [0.15, 0.2) is 0 Å². The van der Waals surface area contributed by atoms with Crippen LogP contribution in [0.1, 0.15) is 0 Å². The predicted molar refractivity (Wildman–Crippen MR) is 255 cm³/mol. The third-order valence-corrected chi connectivity index (χ3v) is 11.8. The van der Waals surface area contributed by atoms with Crippen molar-refractivity contribution in [3.63, 3.8) is 0 Å². The molecule has 0 aliphatic carbocycles. The van der Waals surface area contributed by atoms with Crippen molar-refractivity contribution < 1.29 is 0 Å². The molecule has 282 valence electrons. The number of nitrogens with zero attached hydrogens (tertiary/aromatic N) is 2. The smallest absolute Gasteiger partial charge is 0.0547 e. The number of aromatic nitrogens is 1. The lowest BCUT2D eigenvalue weighted by atomic mass is 9.90. The number of hydrogen-bond acceptors (Lipinski definition) is 1. The summed E-state index contributed by atoms with van der Waals surface area (Å²) in [7, 11) is 0. The van der Waals surface area contributed by atoms with E-state index in [-0.39, 0.29) is 0 Å². The molecule has 0 radical (unpaired) electrons. The molecule has 1 aromatic heterocycles. The Kier molecular flexibility index (Phi) is 8.87. The van der Waals surface area contributed by atoms with Crippen LogP contribution in [0.4, 0.5) is 17.1 Å². The van der Waals surface area contributed by atoms with E-state index in [1.54, 1.807) is 0 Å². The minimum Gasteiger partial charge on any atom is -0.310 e. The van der Waals surface area contributed by atoms with Crippen LogP contribution in [0.15, 0.2) is 243 Å². The van der Waals surface area contributed by atoms with Crippen molar-refractivity contribution in [3.05, 3.63) is 243 Å². The van der Waals surface area contributed by atoms with E-state index in [1.165, 1.54) is 71.5 Å². The molecule has 2 heteroatoms. The van der Waals surface area contributed by atoms with Gasteiger partial charge >= 0.3 is 0 Å². The SMILES string of the molecule is c1ccc(-c2cccc(N(c3ccc(-c4cccc5ccccc45)cc3)c3ccccc3-c3ccccc3-c3cccc4c3c3ccccc3n4-c3ccccc3)c2)cc1. The molecule has 0 fully saturated rings. The molecule has 0 atom stereocenters. The van der Waals surface area contributed by atoms with Gasteiger partial charge in [-0.2, -0.15) is 0 Å². The van der Waals surface area contributed by atoms with Crippen molar-refractivity contribution in [3.8, 4) is 50.2 Å². The van der Waals surface area contributed by atoms with Crippen molar-refractivity contribution in [2.75, 3.05) is 4.90 Å². The van der Waals surface area contributed by atoms with Crippen LogP contribution in [0.25, 0.3) is 82.8 Å². The molecule has 0 amide bonds. The van der Waals surface area contributed by atoms with Crippen LogP contribution in [-0.4, -0.2) is 4.57 Å². The van der Waals surface area contributed by atoms with E-state index in [9.17, 15) is 0 Å². The van der Waals surface area contributed by atoms with Gasteiger partial charge in [-0.15, -0.1) is 0 Å². The topological polar surface area (TPSA) is 8.17 Å². The van der Waals surface area contributed by atoms with E-state index >= 15 is 0 Å². The molecule has 1 heterocycles. The number of rotatable bonds is 8. The van der Waals surface area contributed by atoms with Gasteiger partial charge in [0.25, 0.3) is 0 Å². The monoisotopic (exact) mass is 764 g/mol. The zero-order chi connectivity index (χ0) is 39.8. The molecular weight excluding hydrogens is 725 g/mol. The molecule has 0 saturated carbocycles. The minimum atomic E-state index is 1.09. The molecule has 60 heavy (non-hydrogen) atoms. The highest BCUT2D eigenvalue weighted by Gasteiger charge is 2.22. The minimum absolute atomic E-state index is 1.09. The molecule has 10 aromatic carbocycles. The van der Waals surface area contributed by atoms with Gasteiger partial charge in [-0.05, 0) is 104 Å². The first-order valence-electron chi connectivity index (χ1n) is 20.6. The number of benzene rings is 10. The summed E-state index contributed by atoms with van der Waals surface area (Å²) in [6.45, 7) is 0. The first-order valence-corrected chi connectivity index (χ1v) is 20.6. The van der Waals surface area contributed by atoms with Gasteiger partial charge in [-0.1, -0.05) is 188 Å². The Morgan fingerprint density at radius 2 is 0.850 bits per heavy atom. The number of fused-ring (bicyclic) bond motifs is 4. The Morgan fingerprint density at radius 1 is 0.300 bits per heavy atom. The van der Waals surface area contributed by atoms with Crippen LogP contribution in [0.3, 0.4) is 0 Å². The first-order chi connectivity index (χ1) is 29.8. The Bertz CT molecular complexity index is 3300. The highest BCUT2D eigenvalue weighted by atomic mass is 15.1. The van der Waals surface area contributed by atoms with Gasteiger partial charge in [-0.3, -0.25) is 0 Å². The van der Waals surface area contributed by atoms with Crippen LogP contribution < -0.4 is 4.90 Å². The normalized spacial score (nSPS) is 11.3. The van der Waals surface area contributed by atoms with E-state index in [0.717, 1.165) is 28.3 Å². The summed E-state index contributed by atoms with van der Waals surface area (Å²) in [5.41, 5.74) is 16.3. The summed E-state index contributed by atoms with van der Waals surface area (Å²) >= 11 is 0. The zero-order valence-corrected chi connectivity index (χ0v) is 33.0. The third-order valence-electron chi connectivity index (χ3n) is 11.8. The molecule has 0 aliphatic heterocycles. The third kappa shape index (κ3) is 6.14. The molecule has 0 spiro atoms. The van der Waals surface area contributed by atoms with Gasteiger partial charge in [0.05, 0.1) is 16.7 Å². The molecule has 0 saturated heterocycles. The summed E-state index contributed by atoms with van der Waals surface area (Å²) in [4.78, 5) is 2.42. The van der Waals surface area contributed by atoms with Crippen molar-refractivity contribution >= 4 is 49.6 Å². The van der Waals surface area contributed by atoms with Crippen LogP contribution >= 0.6 is 0 Å². The second-order valence-corrected chi connectivity index (χ2v) is 15.3. The summed E-state index contributed by atoms with van der Waals surface area (Å²) < 4.78 is 2.40. The molecule has 11 rings (SSSR count). The van der Waals surface area contributed by atoms with Crippen LogP contribution in [0.5, 0.6) is 0 Å². The fourth-order valence-electron chi connectivity index (χ4n) is 9.10. The molecule has 0 unspecified atom stereocenters.